The number of nitrogens with one attached hydrogen (secondary N) is 1. The first-order valence-electron chi connectivity index (χ1n) is 9.09. The number of para-hydroxylation sites is 1. The van der Waals surface area contributed by atoms with Crippen LogP contribution in [-0.4, -0.2) is 17.0 Å². The minimum Gasteiger partial charge on any atom is -0.479 e. The van der Waals surface area contributed by atoms with Crippen LogP contribution in [0.4, 0.5) is 5.69 Å². The van der Waals surface area contributed by atoms with Crippen LogP contribution in [0.15, 0.2) is 54.6 Å². The zero-order valence-electron chi connectivity index (χ0n) is 16.0. The van der Waals surface area contributed by atoms with Crippen LogP contribution < -0.4 is 10.1 Å². The number of carbonyl (C=O) groups excluding carboxylic acids is 1. The molecule has 0 aliphatic rings. The highest BCUT2D eigenvalue weighted by Gasteiger charge is 2.21. The summed E-state index contributed by atoms with van der Waals surface area (Å²) >= 11 is 26.2. The molecule has 0 fully saturated rings. The number of anilines is 1. The van der Waals surface area contributed by atoms with Crippen molar-refractivity contribution in [2.75, 3.05) is 5.32 Å². The van der Waals surface area contributed by atoms with E-state index >= 15 is 0 Å². The monoisotopic (exact) mass is 510 g/mol. The summed E-state index contributed by atoms with van der Waals surface area (Å²) < 4.78 is 6.72. The molecule has 0 aliphatic carbocycles. The van der Waals surface area contributed by atoms with E-state index in [-0.39, 0.29) is 0 Å². The van der Waals surface area contributed by atoms with E-state index in [1.807, 2.05) is 24.3 Å². The molecule has 0 aliphatic heterocycles. The second kappa shape index (κ2) is 9.23. The summed E-state index contributed by atoms with van der Waals surface area (Å²) in [6.07, 6.45) is -0.853. The molecule has 3 aromatic carbocycles. The Labute approximate surface area is 202 Å². The molecular weight excluding hydrogens is 498 g/mol. The largest absolute Gasteiger partial charge is 0.479 e. The summed E-state index contributed by atoms with van der Waals surface area (Å²) in [6, 6.07) is 15.8. The van der Waals surface area contributed by atoms with Gasteiger partial charge in [-0.15, -0.1) is 11.3 Å². The lowest BCUT2D eigenvalue weighted by molar-refractivity contribution is -0.122. The van der Waals surface area contributed by atoms with Crippen LogP contribution in [0.2, 0.25) is 20.1 Å². The minimum absolute atomic E-state index is 0.298. The number of halogens is 4. The number of nitrogens with zero attached hydrogens (tertiary/aromatic N) is 1. The zero-order valence-corrected chi connectivity index (χ0v) is 19.8. The van der Waals surface area contributed by atoms with Crippen LogP contribution in [0.3, 0.4) is 0 Å². The summed E-state index contributed by atoms with van der Waals surface area (Å²) in [4.78, 5) is 17.5. The maximum atomic E-state index is 12.9. The van der Waals surface area contributed by atoms with Gasteiger partial charge >= 0.3 is 0 Å². The second-order valence-corrected chi connectivity index (χ2v) is 9.34. The highest BCUT2D eigenvalue weighted by Crippen LogP contribution is 2.40. The normalized spacial score (nSPS) is 12.0. The van der Waals surface area contributed by atoms with Gasteiger partial charge in [0.05, 0.1) is 25.9 Å². The summed E-state index contributed by atoms with van der Waals surface area (Å²) in [5.41, 5.74) is 1.89. The molecule has 1 heterocycles. The van der Waals surface area contributed by atoms with Crippen LogP contribution in [0.5, 0.6) is 5.75 Å². The second-order valence-electron chi connectivity index (χ2n) is 6.62. The Kier molecular flexibility index (Phi) is 6.60. The van der Waals surface area contributed by atoms with E-state index in [0.29, 0.717) is 42.1 Å². The highest BCUT2D eigenvalue weighted by molar-refractivity contribution is 7.21. The molecule has 1 aromatic heterocycles. The third-order valence-electron chi connectivity index (χ3n) is 4.39. The third-order valence-corrected chi connectivity index (χ3v) is 6.51. The summed E-state index contributed by atoms with van der Waals surface area (Å²) in [5, 5.41) is 5.06. The summed E-state index contributed by atoms with van der Waals surface area (Å²) in [7, 11) is 0. The quantitative estimate of drug-likeness (QED) is 0.295. The molecule has 1 unspecified atom stereocenters. The molecule has 4 rings (SSSR count). The van der Waals surface area contributed by atoms with E-state index in [9.17, 15) is 4.79 Å². The van der Waals surface area contributed by atoms with Gasteiger partial charge in [-0.3, -0.25) is 4.79 Å². The molecule has 31 heavy (non-hydrogen) atoms. The first-order valence-corrected chi connectivity index (χ1v) is 11.4. The van der Waals surface area contributed by atoms with E-state index in [1.165, 1.54) is 11.3 Å². The van der Waals surface area contributed by atoms with Crippen LogP contribution in [0, 0.1) is 0 Å². The predicted molar refractivity (Wildman–Crippen MR) is 130 cm³/mol. The van der Waals surface area contributed by atoms with E-state index in [2.05, 4.69) is 10.3 Å². The van der Waals surface area contributed by atoms with Gasteiger partial charge in [-0.1, -0.05) is 58.5 Å². The zero-order chi connectivity index (χ0) is 22.1. The molecule has 4 aromatic rings. The fourth-order valence-electron chi connectivity index (χ4n) is 2.90. The predicted octanol–water partition coefficient (Wildman–Crippen LogP) is 7.98. The smallest absolute Gasteiger partial charge is 0.265 e. The summed E-state index contributed by atoms with van der Waals surface area (Å²) in [6.45, 7) is 1.61. The Morgan fingerprint density at radius 1 is 1.00 bits per heavy atom. The fourth-order valence-corrected chi connectivity index (χ4v) is 4.88. The molecular formula is C22H14Cl4N2O2S. The Morgan fingerprint density at radius 3 is 2.48 bits per heavy atom. The van der Waals surface area contributed by atoms with Crippen LogP contribution in [-0.2, 0) is 4.79 Å². The molecule has 4 nitrogen and oxygen atoms in total. The number of ether oxygens (including phenoxy) is 1. The fraction of sp³-hybridized carbons (Fsp3) is 0.0909. The Hall–Kier alpha value is -2.02. The van der Waals surface area contributed by atoms with Crippen molar-refractivity contribution in [2.45, 2.75) is 13.0 Å². The van der Waals surface area contributed by atoms with Crippen LogP contribution >= 0.6 is 57.7 Å². The Balaban J connectivity index is 1.63. The van der Waals surface area contributed by atoms with Crippen molar-refractivity contribution in [1.29, 1.82) is 0 Å². The Morgan fingerprint density at radius 2 is 1.74 bits per heavy atom. The standard InChI is InChI=1S/C22H14Cl4N2O2S/c1-11(30-18-7-6-12(23)9-15(18)25)21(29)28-20-14(8-13(24)10-16(20)26)22-27-17-4-2-3-5-19(17)31-22/h2-11H,1H3,(H,28,29). The molecule has 0 radical (unpaired) electrons. The third kappa shape index (κ3) is 4.92. The average Bonchev–Trinajstić information content (AvgIpc) is 3.15. The van der Waals surface area contributed by atoms with Crippen molar-refractivity contribution in [3.05, 3.63) is 74.7 Å². The molecule has 0 spiro atoms. The number of amides is 1. The lowest BCUT2D eigenvalue weighted by Crippen LogP contribution is -2.30. The minimum atomic E-state index is -0.853. The van der Waals surface area contributed by atoms with Gasteiger partial charge in [-0.2, -0.15) is 0 Å². The van der Waals surface area contributed by atoms with Crippen molar-refractivity contribution in [1.82, 2.24) is 4.98 Å². The van der Waals surface area contributed by atoms with Gasteiger partial charge in [-0.25, -0.2) is 4.98 Å². The van der Waals surface area contributed by atoms with Gasteiger partial charge in [0.1, 0.15) is 10.8 Å². The lowest BCUT2D eigenvalue weighted by Gasteiger charge is -2.18. The van der Waals surface area contributed by atoms with Crippen LogP contribution in [0.25, 0.3) is 20.8 Å². The number of carbonyl (C=O) groups is 1. The molecule has 9 heteroatoms. The molecule has 0 saturated carbocycles. The van der Waals surface area contributed by atoms with Gasteiger partial charge in [0, 0.05) is 15.6 Å². The van der Waals surface area contributed by atoms with Crippen molar-refractivity contribution < 1.29 is 9.53 Å². The summed E-state index contributed by atoms with van der Waals surface area (Å²) in [5.74, 6) is -0.0556. The number of thiazole rings is 1. The van der Waals surface area contributed by atoms with Gasteiger partial charge < -0.3 is 10.1 Å². The number of fused-ring (bicyclic) bond motifs is 1. The maximum Gasteiger partial charge on any atom is 0.265 e. The van der Waals surface area contributed by atoms with Gasteiger partial charge in [0.15, 0.2) is 6.10 Å². The van der Waals surface area contributed by atoms with Crippen molar-refractivity contribution in [3.8, 4) is 16.3 Å². The van der Waals surface area contributed by atoms with Crippen molar-refractivity contribution in [3.63, 3.8) is 0 Å². The first-order chi connectivity index (χ1) is 14.8. The van der Waals surface area contributed by atoms with E-state index in [0.717, 1.165) is 10.2 Å². The SMILES string of the molecule is CC(Oc1ccc(Cl)cc1Cl)C(=O)Nc1c(Cl)cc(Cl)cc1-c1nc2ccccc2s1. The van der Waals surface area contributed by atoms with Crippen molar-refractivity contribution >= 4 is 79.6 Å². The number of rotatable bonds is 5. The molecule has 158 valence electrons. The van der Waals surface area contributed by atoms with E-state index < -0.39 is 12.0 Å². The van der Waals surface area contributed by atoms with Gasteiger partial charge in [0.2, 0.25) is 0 Å². The average molecular weight is 512 g/mol. The number of hydrogen-bond acceptors (Lipinski definition) is 4. The molecule has 1 N–H and O–H groups in total. The molecule has 0 saturated heterocycles. The topological polar surface area (TPSA) is 51.2 Å². The number of hydrogen-bond donors (Lipinski definition) is 1. The first kappa shape index (κ1) is 22.2. The lowest BCUT2D eigenvalue weighted by atomic mass is 10.1. The van der Waals surface area contributed by atoms with Gasteiger partial charge in [0.25, 0.3) is 5.91 Å². The highest BCUT2D eigenvalue weighted by atomic mass is 35.5. The molecule has 0 bridgehead atoms. The van der Waals surface area contributed by atoms with E-state index in [1.54, 1.807) is 37.3 Å². The van der Waals surface area contributed by atoms with Gasteiger partial charge in [-0.05, 0) is 49.4 Å². The molecule has 1 atom stereocenters. The maximum absolute atomic E-state index is 12.9. The molecule has 1 amide bonds. The Bertz CT molecular complexity index is 1260. The van der Waals surface area contributed by atoms with Crippen LogP contribution in [0.1, 0.15) is 6.92 Å². The van der Waals surface area contributed by atoms with E-state index in [4.69, 9.17) is 51.1 Å². The van der Waals surface area contributed by atoms with Crippen molar-refractivity contribution in [2.24, 2.45) is 0 Å². The number of aromatic nitrogens is 1. The number of benzene rings is 3.